The molecule has 0 spiro atoms. The van der Waals surface area contributed by atoms with Gasteiger partial charge in [0.05, 0.1) is 9.95 Å². The lowest BCUT2D eigenvalue weighted by Gasteiger charge is -2.31. The van der Waals surface area contributed by atoms with Gasteiger partial charge in [0.2, 0.25) is 0 Å². The summed E-state index contributed by atoms with van der Waals surface area (Å²) in [5, 5.41) is 14.5. The van der Waals surface area contributed by atoms with Gasteiger partial charge in [-0.05, 0) is 18.6 Å². The van der Waals surface area contributed by atoms with Gasteiger partial charge in [-0.3, -0.25) is 15.0 Å². The molecule has 1 unspecified atom stereocenters. The normalized spacial score (nSPS) is 20.9. The number of nitrogens with zero attached hydrogens (tertiary/aromatic N) is 2. The van der Waals surface area contributed by atoms with Crippen LogP contribution in [0.1, 0.15) is 12.5 Å². The van der Waals surface area contributed by atoms with Crippen molar-refractivity contribution in [3.8, 4) is 0 Å². The number of benzene rings is 1. The van der Waals surface area contributed by atoms with Gasteiger partial charge < -0.3 is 5.32 Å². The molecule has 18 heavy (non-hydrogen) atoms. The van der Waals surface area contributed by atoms with E-state index in [0.29, 0.717) is 11.1 Å². The topological polar surface area (TPSA) is 58.4 Å². The molecule has 0 saturated carbocycles. The van der Waals surface area contributed by atoms with Gasteiger partial charge in [-0.25, -0.2) is 0 Å². The lowest BCUT2D eigenvalue weighted by molar-refractivity contribution is -0.384. The van der Waals surface area contributed by atoms with E-state index < -0.39 is 4.92 Å². The minimum atomic E-state index is -0.428. The molecule has 1 N–H and O–H groups in total. The van der Waals surface area contributed by atoms with Gasteiger partial charge in [0.1, 0.15) is 0 Å². The van der Waals surface area contributed by atoms with E-state index in [-0.39, 0.29) is 5.69 Å². The van der Waals surface area contributed by atoms with Gasteiger partial charge >= 0.3 is 0 Å². The van der Waals surface area contributed by atoms with Crippen LogP contribution in [-0.2, 0) is 6.54 Å². The number of rotatable bonds is 3. The SMILES string of the molecule is CC1CN(Cc2ccc([N+](=O)[O-])cc2Cl)CCN1. The molecule has 1 heterocycles. The largest absolute Gasteiger partial charge is 0.312 e. The van der Waals surface area contributed by atoms with Gasteiger partial charge in [0, 0.05) is 44.4 Å². The maximum absolute atomic E-state index is 10.6. The van der Waals surface area contributed by atoms with Crippen LogP contribution in [0.15, 0.2) is 18.2 Å². The van der Waals surface area contributed by atoms with Crippen LogP contribution in [0, 0.1) is 10.1 Å². The zero-order valence-corrected chi connectivity index (χ0v) is 11.0. The average Bonchev–Trinajstić information content (AvgIpc) is 2.31. The Balaban J connectivity index is 2.07. The highest BCUT2D eigenvalue weighted by atomic mass is 35.5. The number of nitro groups is 1. The molecule has 0 aromatic heterocycles. The van der Waals surface area contributed by atoms with Crippen molar-refractivity contribution in [1.29, 1.82) is 0 Å². The number of hydrogen-bond donors (Lipinski definition) is 1. The van der Waals surface area contributed by atoms with Crippen LogP contribution in [-0.4, -0.2) is 35.5 Å². The number of piperazine rings is 1. The Morgan fingerprint density at radius 1 is 1.61 bits per heavy atom. The smallest absolute Gasteiger partial charge is 0.270 e. The van der Waals surface area contributed by atoms with Gasteiger partial charge in [0.25, 0.3) is 5.69 Å². The Hall–Kier alpha value is -1.17. The van der Waals surface area contributed by atoms with Crippen LogP contribution in [0.5, 0.6) is 0 Å². The molecule has 0 radical (unpaired) electrons. The fourth-order valence-corrected chi connectivity index (χ4v) is 2.41. The first-order valence-corrected chi connectivity index (χ1v) is 6.32. The van der Waals surface area contributed by atoms with Crippen LogP contribution in [0.3, 0.4) is 0 Å². The summed E-state index contributed by atoms with van der Waals surface area (Å²) >= 11 is 6.08. The molecule has 0 aliphatic carbocycles. The number of halogens is 1. The Morgan fingerprint density at radius 2 is 2.39 bits per heavy atom. The van der Waals surface area contributed by atoms with Crippen molar-refractivity contribution in [2.24, 2.45) is 0 Å². The first kappa shape index (κ1) is 13.3. The molecule has 1 aromatic rings. The van der Waals surface area contributed by atoms with Gasteiger partial charge in [-0.15, -0.1) is 0 Å². The van der Waals surface area contributed by atoms with E-state index in [1.165, 1.54) is 12.1 Å². The van der Waals surface area contributed by atoms with Gasteiger partial charge in [0.15, 0.2) is 0 Å². The Kier molecular flexibility index (Phi) is 4.16. The molecule has 5 nitrogen and oxygen atoms in total. The third-order valence-corrected chi connectivity index (χ3v) is 3.45. The average molecular weight is 270 g/mol. The molecule has 1 aliphatic rings. The fourth-order valence-electron chi connectivity index (χ4n) is 2.17. The number of nitrogens with one attached hydrogen (secondary N) is 1. The van der Waals surface area contributed by atoms with Crippen LogP contribution in [0.2, 0.25) is 5.02 Å². The highest BCUT2D eigenvalue weighted by molar-refractivity contribution is 6.31. The zero-order chi connectivity index (χ0) is 13.1. The van der Waals surface area contributed by atoms with Crippen molar-refractivity contribution in [2.75, 3.05) is 19.6 Å². The summed E-state index contributed by atoms with van der Waals surface area (Å²) in [5.74, 6) is 0. The molecule has 0 bridgehead atoms. The highest BCUT2D eigenvalue weighted by Crippen LogP contribution is 2.23. The van der Waals surface area contributed by atoms with Crippen molar-refractivity contribution in [3.05, 3.63) is 38.9 Å². The molecule has 1 aliphatic heterocycles. The second-order valence-corrected chi connectivity index (χ2v) is 5.03. The molecule has 2 rings (SSSR count). The predicted molar refractivity (Wildman–Crippen MR) is 70.8 cm³/mol. The molecular formula is C12H16ClN3O2. The third-order valence-electron chi connectivity index (χ3n) is 3.09. The summed E-state index contributed by atoms with van der Waals surface area (Å²) in [6.45, 7) is 5.78. The van der Waals surface area contributed by atoms with E-state index in [1.807, 2.05) is 0 Å². The van der Waals surface area contributed by atoms with E-state index in [4.69, 9.17) is 11.6 Å². The van der Waals surface area contributed by atoms with E-state index in [1.54, 1.807) is 6.07 Å². The highest BCUT2D eigenvalue weighted by Gasteiger charge is 2.17. The van der Waals surface area contributed by atoms with Crippen molar-refractivity contribution >= 4 is 17.3 Å². The lowest BCUT2D eigenvalue weighted by Crippen LogP contribution is -2.48. The molecular weight excluding hydrogens is 254 g/mol. The molecule has 1 atom stereocenters. The van der Waals surface area contributed by atoms with Crippen molar-refractivity contribution < 1.29 is 4.92 Å². The molecule has 6 heteroatoms. The first-order chi connectivity index (χ1) is 8.56. The number of non-ortho nitro benzene ring substituents is 1. The predicted octanol–water partition coefficient (Wildman–Crippen LogP) is 2.04. The Morgan fingerprint density at radius 3 is 3.00 bits per heavy atom. The van der Waals surface area contributed by atoms with E-state index >= 15 is 0 Å². The molecule has 1 aromatic carbocycles. The minimum absolute atomic E-state index is 0.0393. The third kappa shape index (κ3) is 3.19. The van der Waals surface area contributed by atoms with Crippen LogP contribution >= 0.6 is 11.6 Å². The molecule has 98 valence electrons. The zero-order valence-electron chi connectivity index (χ0n) is 10.2. The summed E-state index contributed by atoms with van der Waals surface area (Å²) < 4.78 is 0. The maximum atomic E-state index is 10.6. The van der Waals surface area contributed by atoms with Crippen LogP contribution in [0.25, 0.3) is 0 Å². The monoisotopic (exact) mass is 269 g/mol. The van der Waals surface area contributed by atoms with E-state index in [2.05, 4.69) is 17.1 Å². The van der Waals surface area contributed by atoms with Crippen molar-refractivity contribution in [1.82, 2.24) is 10.2 Å². The van der Waals surface area contributed by atoms with Crippen molar-refractivity contribution in [2.45, 2.75) is 19.5 Å². The quantitative estimate of drug-likeness (QED) is 0.674. The summed E-state index contributed by atoms with van der Waals surface area (Å²) in [6, 6.07) is 5.14. The Bertz CT molecular complexity index is 453. The standard InChI is InChI=1S/C12H16ClN3O2/c1-9-7-15(5-4-14-9)8-10-2-3-11(16(17)18)6-12(10)13/h2-3,6,9,14H,4-5,7-8H2,1H3. The first-order valence-electron chi connectivity index (χ1n) is 5.95. The molecule has 0 amide bonds. The van der Waals surface area contributed by atoms with Gasteiger partial charge in [-0.1, -0.05) is 11.6 Å². The second-order valence-electron chi connectivity index (χ2n) is 4.62. The summed E-state index contributed by atoms with van der Waals surface area (Å²) in [6.07, 6.45) is 0. The van der Waals surface area contributed by atoms with Gasteiger partial charge in [-0.2, -0.15) is 0 Å². The molecule has 1 saturated heterocycles. The number of hydrogen-bond acceptors (Lipinski definition) is 4. The van der Waals surface area contributed by atoms with E-state index in [9.17, 15) is 10.1 Å². The lowest BCUT2D eigenvalue weighted by atomic mass is 10.1. The Labute approximate surface area is 111 Å². The number of nitro benzene ring substituents is 1. The summed E-state index contributed by atoms with van der Waals surface area (Å²) in [5.41, 5.74) is 0.980. The second kappa shape index (κ2) is 5.65. The maximum Gasteiger partial charge on any atom is 0.270 e. The fraction of sp³-hybridized carbons (Fsp3) is 0.500. The van der Waals surface area contributed by atoms with Crippen molar-refractivity contribution in [3.63, 3.8) is 0 Å². The van der Waals surface area contributed by atoms with Crippen LogP contribution < -0.4 is 5.32 Å². The van der Waals surface area contributed by atoms with Crippen LogP contribution in [0.4, 0.5) is 5.69 Å². The summed E-state index contributed by atoms with van der Waals surface area (Å²) in [7, 11) is 0. The summed E-state index contributed by atoms with van der Waals surface area (Å²) in [4.78, 5) is 12.5. The minimum Gasteiger partial charge on any atom is -0.312 e. The molecule has 1 fully saturated rings. The van der Waals surface area contributed by atoms with E-state index in [0.717, 1.165) is 31.7 Å².